The average Bonchev–Trinajstić information content (AvgIpc) is 2.81. The van der Waals surface area contributed by atoms with Crippen LogP contribution in [0.2, 0.25) is 0 Å². The molecule has 0 aromatic heterocycles. The zero-order valence-corrected chi connectivity index (χ0v) is 25.6. The highest BCUT2D eigenvalue weighted by Gasteiger charge is 2.35. The Morgan fingerprint density at radius 3 is 1.72 bits per heavy atom. The van der Waals surface area contributed by atoms with Gasteiger partial charge in [0.05, 0.1) is 24.7 Å². The molecule has 0 rings (SSSR count). The third-order valence-corrected chi connectivity index (χ3v) is 6.47. The molecule has 0 heterocycles. The topological polar surface area (TPSA) is 166 Å². The highest BCUT2D eigenvalue weighted by atomic mass is 16.6. The summed E-state index contributed by atoms with van der Waals surface area (Å²) in [6.07, 6.45) is -1.25. The van der Waals surface area contributed by atoms with Crippen LogP contribution in [0, 0.1) is 17.8 Å². The van der Waals surface area contributed by atoms with Crippen molar-refractivity contribution in [3.8, 4) is 0 Å². The molecule has 0 unspecified atom stereocenters. The van der Waals surface area contributed by atoms with Gasteiger partial charge < -0.3 is 36.2 Å². The molecule has 11 nitrogen and oxygen atoms in total. The number of hydrogen-bond donors (Lipinski definition) is 6. The Morgan fingerprint density at radius 2 is 1.28 bits per heavy atom. The molecule has 7 atom stereocenters. The molecule has 0 aromatic carbocycles. The Morgan fingerprint density at radius 1 is 0.795 bits per heavy atom. The molecule has 11 heteroatoms. The van der Waals surface area contributed by atoms with E-state index in [9.17, 15) is 29.4 Å². The van der Waals surface area contributed by atoms with Gasteiger partial charge in [-0.25, -0.2) is 4.79 Å². The lowest BCUT2D eigenvalue weighted by molar-refractivity contribution is -0.133. The molecule has 228 valence electrons. The van der Waals surface area contributed by atoms with Gasteiger partial charge in [-0.2, -0.15) is 0 Å². The van der Waals surface area contributed by atoms with Crippen LogP contribution in [-0.4, -0.2) is 76.5 Å². The molecular formula is C28H54N4O7. The van der Waals surface area contributed by atoms with Crippen LogP contribution in [0.1, 0.15) is 94.9 Å². The summed E-state index contributed by atoms with van der Waals surface area (Å²) in [4.78, 5) is 51.5. The number of carbonyl (C=O) groups excluding carboxylic acids is 4. The zero-order valence-electron chi connectivity index (χ0n) is 25.6. The summed E-state index contributed by atoms with van der Waals surface area (Å²) in [5.74, 6) is -1.80. The molecule has 0 bridgehead atoms. The smallest absolute Gasteiger partial charge is 0.408 e. The van der Waals surface area contributed by atoms with Crippen molar-refractivity contribution in [3.63, 3.8) is 0 Å². The van der Waals surface area contributed by atoms with Crippen LogP contribution in [0.25, 0.3) is 0 Å². The van der Waals surface area contributed by atoms with E-state index in [0.717, 1.165) is 0 Å². The Kier molecular flexibility index (Phi) is 16.3. The second kappa shape index (κ2) is 17.3. The Balaban J connectivity index is 5.73. The Bertz CT molecular complexity index is 782. The first-order valence-electron chi connectivity index (χ1n) is 14.1. The summed E-state index contributed by atoms with van der Waals surface area (Å²) in [6.45, 7) is 18.1. The van der Waals surface area contributed by atoms with Crippen LogP contribution < -0.4 is 21.3 Å². The summed E-state index contributed by atoms with van der Waals surface area (Å²) in [6, 6.07) is -2.58. The summed E-state index contributed by atoms with van der Waals surface area (Å²) >= 11 is 0. The highest BCUT2D eigenvalue weighted by molar-refractivity contribution is 5.91. The van der Waals surface area contributed by atoms with E-state index in [-0.39, 0.29) is 30.7 Å². The molecule has 0 aliphatic carbocycles. The molecule has 0 fully saturated rings. The molecule has 0 saturated heterocycles. The lowest BCUT2D eigenvalue weighted by atomic mass is 9.93. The number of carbonyl (C=O) groups is 4. The quantitative estimate of drug-likeness (QED) is 0.169. The SMILES string of the molecule is CC[C@H](C)[C@H](NC(=O)OC(C)(C)C)C(=O)N[C@H](C(=O)N[C@@H](CC(C)C)[C@@H](O)CC(=O)NC[C@@H](C)O)[C@@H](C)CC. The van der Waals surface area contributed by atoms with Crippen molar-refractivity contribution in [2.75, 3.05) is 6.54 Å². The number of amides is 4. The first kappa shape index (κ1) is 36.6. The van der Waals surface area contributed by atoms with E-state index < -0.39 is 59.7 Å². The first-order valence-corrected chi connectivity index (χ1v) is 14.1. The van der Waals surface area contributed by atoms with Crippen molar-refractivity contribution in [1.82, 2.24) is 21.3 Å². The molecule has 0 spiro atoms. The summed E-state index contributed by atoms with van der Waals surface area (Å²) in [5.41, 5.74) is -0.737. The van der Waals surface area contributed by atoms with E-state index in [1.54, 1.807) is 20.8 Å². The maximum absolute atomic E-state index is 13.5. The number of aliphatic hydroxyl groups excluding tert-OH is 2. The minimum atomic E-state index is -1.17. The second-order valence-electron chi connectivity index (χ2n) is 12.1. The van der Waals surface area contributed by atoms with Crippen LogP contribution >= 0.6 is 0 Å². The summed E-state index contributed by atoms with van der Waals surface area (Å²) in [5, 5.41) is 31.0. The minimum Gasteiger partial charge on any atom is -0.444 e. The van der Waals surface area contributed by atoms with Crippen LogP contribution in [0.3, 0.4) is 0 Å². The fourth-order valence-electron chi connectivity index (χ4n) is 3.84. The number of ether oxygens (including phenoxy) is 1. The van der Waals surface area contributed by atoms with Crippen molar-refractivity contribution in [2.24, 2.45) is 17.8 Å². The Hall–Kier alpha value is -2.40. The lowest BCUT2D eigenvalue weighted by Gasteiger charge is -2.32. The number of hydrogen-bond acceptors (Lipinski definition) is 7. The predicted octanol–water partition coefficient (Wildman–Crippen LogP) is 2.24. The predicted molar refractivity (Wildman–Crippen MR) is 151 cm³/mol. The average molecular weight is 559 g/mol. The second-order valence-corrected chi connectivity index (χ2v) is 12.1. The standard InChI is InChI=1S/C28H54N4O7/c1-11-17(5)23(31-26(37)24(18(6)12-2)32-27(38)39-28(8,9)10)25(36)30-20(13-16(3)4)21(34)14-22(35)29-15-19(7)33/h16-21,23-24,33-34H,11-15H2,1-10H3,(H,29,35)(H,30,36)(H,31,37)(H,32,38)/t17-,18-,19+,20-,21-,23-,24-/m0/s1. The molecule has 0 saturated carbocycles. The van der Waals surface area contributed by atoms with Gasteiger partial charge >= 0.3 is 6.09 Å². The number of aliphatic hydroxyl groups is 2. The minimum absolute atomic E-state index is 0.0591. The zero-order chi connectivity index (χ0) is 30.5. The number of alkyl carbamates (subject to hydrolysis) is 1. The molecule has 6 N–H and O–H groups in total. The molecule has 4 amide bonds. The normalized spacial score (nSPS) is 17.2. The van der Waals surface area contributed by atoms with Gasteiger partial charge in [0.15, 0.2) is 0 Å². The van der Waals surface area contributed by atoms with Crippen molar-refractivity contribution < 1.29 is 34.1 Å². The highest BCUT2D eigenvalue weighted by Crippen LogP contribution is 2.16. The molecule has 0 radical (unpaired) electrons. The molecule has 39 heavy (non-hydrogen) atoms. The third-order valence-electron chi connectivity index (χ3n) is 6.47. The van der Waals surface area contributed by atoms with Crippen LogP contribution in [-0.2, 0) is 19.1 Å². The number of nitrogens with one attached hydrogen (secondary N) is 4. The fourth-order valence-corrected chi connectivity index (χ4v) is 3.84. The van der Waals surface area contributed by atoms with Gasteiger partial charge in [0.1, 0.15) is 17.7 Å². The molecule has 0 aromatic rings. The van der Waals surface area contributed by atoms with E-state index >= 15 is 0 Å². The van der Waals surface area contributed by atoms with Gasteiger partial charge in [0.25, 0.3) is 0 Å². The summed E-state index contributed by atoms with van der Waals surface area (Å²) in [7, 11) is 0. The fraction of sp³-hybridized carbons (Fsp3) is 0.857. The molecule has 0 aliphatic heterocycles. The van der Waals surface area contributed by atoms with E-state index in [1.807, 2.05) is 41.5 Å². The van der Waals surface area contributed by atoms with Gasteiger partial charge in [0, 0.05) is 6.54 Å². The summed E-state index contributed by atoms with van der Waals surface area (Å²) < 4.78 is 5.33. The van der Waals surface area contributed by atoms with Crippen molar-refractivity contribution in [2.45, 2.75) is 131 Å². The Labute approximate surface area is 234 Å². The van der Waals surface area contributed by atoms with E-state index in [2.05, 4.69) is 21.3 Å². The van der Waals surface area contributed by atoms with Gasteiger partial charge in [-0.05, 0) is 51.9 Å². The van der Waals surface area contributed by atoms with Crippen LogP contribution in [0.4, 0.5) is 4.79 Å². The number of rotatable bonds is 16. The van der Waals surface area contributed by atoms with Gasteiger partial charge in [-0.1, -0.05) is 54.4 Å². The third kappa shape index (κ3) is 15.1. The largest absolute Gasteiger partial charge is 0.444 e. The van der Waals surface area contributed by atoms with E-state index in [4.69, 9.17) is 4.74 Å². The first-order chi connectivity index (χ1) is 17.9. The lowest BCUT2D eigenvalue weighted by Crippen LogP contribution is -2.59. The van der Waals surface area contributed by atoms with Crippen molar-refractivity contribution in [1.29, 1.82) is 0 Å². The van der Waals surface area contributed by atoms with Gasteiger partial charge in [-0.15, -0.1) is 0 Å². The maximum atomic E-state index is 13.5. The van der Waals surface area contributed by atoms with Gasteiger partial charge in [0.2, 0.25) is 17.7 Å². The van der Waals surface area contributed by atoms with Crippen LogP contribution in [0.15, 0.2) is 0 Å². The van der Waals surface area contributed by atoms with E-state index in [0.29, 0.717) is 19.3 Å². The van der Waals surface area contributed by atoms with Crippen LogP contribution in [0.5, 0.6) is 0 Å². The molecular weight excluding hydrogens is 504 g/mol. The van der Waals surface area contributed by atoms with Crippen molar-refractivity contribution in [3.05, 3.63) is 0 Å². The maximum Gasteiger partial charge on any atom is 0.408 e. The molecule has 0 aliphatic rings. The van der Waals surface area contributed by atoms with E-state index in [1.165, 1.54) is 6.92 Å². The monoisotopic (exact) mass is 558 g/mol. The van der Waals surface area contributed by atoms with Gasteiger partial charge in [-0.3, -0.25) is 14.4 Å². The van der Waals surface area contributed by atoms with Crippen molar-refractivity contribution >= 4 is 23.8 Å².